The number of likely N-dealkylation sites (N-methyl/N-ethyl adjacent to an activating group) is 1. The Balaban J connectivity index is 0.000000500. The van der Waals surface area contributed by atoms with E-state index in [1.807, 2.05) is 21.1 Å². The average molecular weight is 314 g/mol. The molecule has 1 aliphatic carbocycles. The summed E-state index contributed by atoms with van der Waals surface area (Å²) in [5, 5.41) is 9.27. The van der Waals surface area contributed by atoms with Gasteiger partial charge >= 0.3 is 37.9 Å². The van der Waals surface area contributed by atoms with Gasteiger partial charge in [-0.1, -0.05) is 0 Å². The predicted octanol–water partition coefficient (Wildman–Crippen LogP) is 1.33. The van der Waals surface area contributed by atoms with Crippen molar-refractivity contribution in [2.75, 3.05) is 21.1 Å². The van der Waals surface area contributed by atoms with E-state index in [0.717, 1.165) is 17.1 Å². The van der Waals surface area contributed by atoms with Gasteiger partial charge in [-0.3, -0.25) is 0 Å². The number of allylic oxidation sites excluding steroid dienone is 1. The Hall–Kier alpha value is 0.343. The second-order valence-corrected chi connectivity index (χ2v) is 6.12. The molecular weight excluding hydrogens is 300 g/mol. The van der Waals surface area contributed by atoms with E-state index in [0.29, 0.717) is 0 Å². The van der Waals surface area contributed by atoms with Crippen LogP contribution in [0.25, 0.3) is 0 Å². The fourth-order valence-electron chi connectivity index (χ4n) is 1.07. The van der Waals surface area contributed by atoms with Gasteiger partial charge in [-0.15, -0.1) is 0 Å². The van der Waals surface area contributed by atoms with Crippen LogP contribution in [-0.2, 0) is 20.8 Å². The van der Waals surface area contributed by atoms with E-state index in [1.165, 1.54) is 0 Å². The molecule has 1 aliphatic rings. The third-order valence-corrected chi connectivity index (χ3v) is 1.72. The molecule has 6 heteroatoms. The number of hydrogen-bond donors (Lipinski definition) is 3. The predicted molar refractivity (Wildman–Crippen MR) is 58.3 cm³/mol. The first kappa shape index (κ1) is 14.3. The van der Waals surface area contributed by atoms with Crippen molar-refractivity contribution in [2.45, 2.75) is 0 Å². The van der Waals surface area contributed by atoms with Gasteiger partial charge in [0.1, 0.15) is 0 Å². The molecule has 0 aromatic rings. The van der Waals surface area contributed by atoms with Gasteiger partial charge in [0.25, 0.3) is 0 Å². The monoisotopic (exact) mass is 312 g/mol. The summed E-state index contributed by atoms with van der Waals surface area (Å²) in [6, 6.07) is 0. The van der Waals surface area contributed by atoms with Crippen LogP contribution in [0.3, 0.4) is 0 Å². The van der Waals surface area contributed by atoms with Crippen molar-refractivity contribution < 1.29 is 20.8 Å². The van der Waals surface area contributed by atoms with Crippen LogP contribution >= 0.6 is 17.0 Å². The standard InChI is InChI=1S/C8H14N3.2ClH.Zr/c1-9-6-4-7(10-2)8(5-6)11-3;;;/h4-5,9-11H,1-3H3;2*1H;/q;;;+2/p-2. The molecule has 0 unspecified atom stereocenters. The van der Waals surface area contributed by atoms with Crippen LogP contribution in [0.2, 0.25) is 0 Å². The first-order chi connectivity index (χ1) is 6.73. The molecule has 0 amide bonds. The van der Waals surface area contributed by atoms with Crippen LogP contribution in [-0.4, -0.2) is 21.1 Å². The Morgan fingerprint density at radius 1 is 1.00 bits per heavy atom. The molecule has 3 nitrogen and oxygen atoms in total. The number of hydrogen-bond acceptors (Lipinski definition) is 3. The van der Waals surface area contributed by atoms with Crippen LogP contribution in [0.4, 0.5) is 0 Å². The van der Waals surface area contributed by atoms with Crippen molar-refractivity contribution in [2.24, 2.45) is 0 Å². The zero-order valence-corrected chi connectivity index (χ0v) is 12.4. The van der Waals surface area contributed by atoms with Crippen molar-refractivity contribution in [1.82, 2.24) is 16.0 Å². The van der Waals surface area contributed by atoms with Gasteiger partial charge in [-0.2, -0.15) is 0 Å². The van der Waals surface area contributed by atoms with Gasteiger partial charge in [0, 0.05) is 32.5 Å². The molecule has 3 N–H and O–H groups in total. The Morgan fingerprint density at radius 3 is 1.79 bits per heavy atom. The molecule has 0 heterocycles. The van der Waals surface area contributed by atoms with Crippen molar-refractivity contribution in [3.63, 3.8) is 0 Å². The minimum atomic E-state index is -0.826. The van der Waals surface area contributed by atoms with Gasteiger partial charge in [-0.25, -0.2) is 0 Å². The number of nitrogens with one attached hydrogen (secondary N) is 3. The molecule has 79 valence electrons. The normalized spacial score (nSPS) is 13.9. The van der Waals surface area contributed by atoms with E-state index in [2.05, 4.69) is 28.4 Å². The van der Waals surface area contributed by atoms with Gasteiger partial charge < -0.3 is 16.0 Å². The number of halogens is 2. The maximum atomic E-state index is 4.93. The molecule has 14 heavy (non-hydrogen) atoms. The first-order valence-corrected chi connectivity index (χ1v) is 10.4. The third kappa shape index (κ3) is 4.72. The van der Waals surface area contributed by atoms with E-state index in [-0.39, 0.29) is 0 Å². The maximum absolute atomic E-state index is 4.93. The summed E-state index contributed by atoms with van der Waals surface area (Å²) in [6.07, 6.45) is 4.12. The molecule has 0 saturated carbocycles. The molecule has 0 aliphatic heterocycles. The summed E-state index contributed by atoms with van der Waals surface area (Å²) < 4.78 is 0. The molecule has 1 radical (unpaired) electrons. The van der Waals surface area contributed by atoms with Gasteiger partial charge in [0.05, 0.1) is 12.1 Å². The Bertz CT molecular complexity index is 229. The number of rotatable bonds is 3. The Labute approximate surface area is 104 Å². The van der Waals surface area contributed by atoms with Crippen LogP contribution in [0, 0.1) is 6.42 Å². The summed E-state index contributed by atoms with van der Waals surface area (Å²) in [7, 11) is 15.6. The fourth-order valence-corrected chi connectivity index (χ4v) is 1.07. The van der Waals surface area contributed by atoms with Gasteiger partial charge in [-0.05, 0) is 6.08 Å². The molecule has 1 rings (SSSR count). The van der Waals surface area contributed by atoms with Gasteiger partial charge in [0.15, 0.2) is 0 Å². The second kappa shape index (κ2) is 8.64. The topological polar surface area (TPSA) is 36.1 Å². The first-order valence-electron chi connectivity index (χ1n) is 4.03. The molecular formula is C8H14Cl2N3Zr. The zero-order chi connectivity index (χ0) is 11.0. The van der Waals surface area contributed by atoms with Crippen LogP contribution < -0.4 is 16.0 Å². The Kier molecular flexibility index (Phi) is 8.85. The van der Waals surface area contributed by atoms with Gasteiger partial charge in [0.2, 0.25) is 0 Å². The van der Waals surface area contributed by atoms with Crippen LogP contribution in [0.15, 0.2) is 23.2 Å². The third-order valence-electron chi connectivity index (χ3n) is 1.72. The van der Waals surface area contributed by atoms with Crippen LogP contribution in [0.5, 0.6) is 0 Å². The zero-order valence-electron chi connectivity index (χ0n) is 8.41. The van der Waals surface area contributed by atoms with E-state index < -0.39 is 20.8 Å². The molecule has 0 aromatic carbocycles. The summed E-state index contributed by atoms with van der Waals surface area (Å²) in [6.45, 7) is 0. The molecule has 0 fully saturated rings. The van der Waals surface area contributed by atoms with E-state index >= 15 is 0 Å². The van der Waals surface area contributed by atoms with E-state index in [1.54, 1.807) is 0 Å². The molecule has 0 atom stereocenters. The molecule has 0 aromatic heterocycles. The van der Waals surface area contributed by atoms with Crippen LogP contribution in [0.1, 0.15) is 0 Å². The van der Waals surface area contributed by atoms with E-state index in [4.69, 9.17) is 17.0 Å². The quantitative estimate of drug-likeness (QED) is 0.736. The van der Waals surface area contributed by atoms with E-state index in [9.17, 15) is 0 Å². The molecule has 0 spiro atoms. The summed E-state index contributed by atoms with van der Waals surface area (Å²) >= 11 is -0.826. The minimum absolute atomic E-state index is 0.826. The van der Waals surface area contributed by atoms with Crippen molar-refractivity contribution in [3.8, 4) is 0 Å². The molecule has 0 bridgehead atoms. The molecule has 0 saturated heterocycles. The average Bonchev–Trinajstić information content (AvgIpc) is 2.61. The van der Waals surface area contributed by atoms with Crippen molar-refractivity contribution in [3.05, 3.63) is 29.6 Å². The summed E-state index contributed by atoms with van der Waals surface area (Å²) in [5.74, 6) is 0. The summed E-state index contributed by atoms with van der Waals surface area (Å²) in [4.78, 5) is 0. The summed E-state index contributed by atoms with van der Waals surface area (Å²) in [5.41, 5.74) is 3.37. The second-order valence-electron chi connectivity index (χ2n) is 2.39. The Morgan fingerprint density at radius 2 is 1.50 bits per heavy atom. The van der Waals surface area contributed by atoms with Crippen molar-refractivity contribution >= 4 is 17.0 Å². The fraction of sp³-hybridized carbons (Fsp3) is 0.375. The SMILES string of the molecule is CNC1=CC(NC)=C(NC)[CH]1.[Cl][Zr][Cl]. The van der Waals surface area contributed by atoms with Crippen molar-refractivity contribution in [1.29, 1.82) is 0 Å².